The fourth-order valence-electron chi connectivity index (χ4n) is 4.83. The van der Waals surface area contributed by atoms with E-state index in [2.05, 4.69) is 5.32 Å². The third kappa shape index (κ3) is 1.81. The lowest BCUT2D eigenvalue weighted by molar-refractivity contribution is -0.172. The van der Waals surface area contributed by atoms with Crippen molar-refractivity contribution in [3.63, 3.8) is 0 Å². The molecule has 6 heteroatoms. The first-order chi connectivity index (χ1) is 10.1. The first kappa shape index (κ1) is 13.4. The minimum Gasteiger partial charge on any atom is -0.481 e. The number of fused-ring (bicyclic) bond motifs is 2. The van der Waals surface area contributed by atoms with Crippen molar-refractivity contribution >= 4 is 12.0 Å². The highest BCUT2D eigenvalue weighted by Crippen LogP contribution is 2.62. The second-order valence-electron chi connectivity index (χ2n) is 7.03. The Morgan fingerprint density at radius 2 is 2.10 bits per heavy atom. The van der Waals surface area contributed by atoms with Crippen LogP contribution in [0.15, 0.2) is 0 Å². The van der Waals surface area contributed by atoms with Gasteiger partial charge >= 0.3 is 12.0 Å². The molecule has 2 heterocycles. The minimum atomic E-state index is -0.798. The van der Waals surface area contributed by atoms with Crippen molar-refractivity contribution < 1.29 is 19.4 Å². The van der Waals surface area contributed by atoms with E-state index in [9.17, 15) is 9.59 Å². The van der Waals surface area contributed by atoms with Gasteiger partial charge in [0.2, 0.25) is 0 Å². The van der Waals surface area contributed by atoms with Gasteiger partial charge in [0, 0.05) is 37.1 Å². The van der Waals surface area contributed by atoms with Crippen LogP contribution in [0.2, 0.25) is 0 Å². The summed E-state index contributed by atoms with van der Waals surface area (Å²) in [6.07, 6.45) is 5.47. The van der Waals surface area contributed by atoms with Gasteiger partial charge in [0.05, 0.1) is 12.0 Å². The van der Waals surface area contributed by atoms with E-state index < -0.39 is 11.9 Å². The number of amides is 2. The van der Waals surface area contributed by atoms with Crippen LogP contribution in [-0.2, 0) is 9.53 Å². The Bertz CT molecular complexity index is 476. The van der Waals surface area contributed by atoms with E-state index in [4.69, 9.17) is 9.84 Å². The molecule has 6 nitrogen and oxygen atoms in total. The number of carboxylic acid groups (broad SMARTS) is 1. The monoisotopic (exact) mass is 294 g/mol. The molecule has 2 saturated carbocycles. The summed E-state index contributed by atoms with van der Waals surface area (Å²) in [5.74, 6) is -0.738. The van der Waals surface area contributed by atoms with Crippen molar-refractivity contribution in [1.82, 2.24) is 10.2 Å². The molecule has 116 valence electrons. The Labute approximate surface area is 123 Å². The van der Waals surface area contributed by atoms with Gasteiger partial charge in [0.1, 0.15) is 0 Å². The van der Waals surface area contributed by atoms with Gasteiger partial charge in [-0.2, -0.15) is 0 Å². The van der Waals surface area contributed by atoms with E-state index >= 15 is 0 Å². The van der Waals surface area contributed by atoms with Gasteiger partial charge in [0.25, 0.3) is 0 Å². The summed E-state index contributed by atoms with van der Waals surface area (Å²) in [4.78, 5) is 25.1. The predicted molar refractivity (Wildman–Crippen MR) is 73.8 cm³/mol. The Morgan fingerprint density at radius 1 is 1.29 bits per heavy atom. The van der Waals surface area contributed by atoms with Crippen LogP contribution < -0.4 is 5.32 Å². The zero-order valence-corrected chi connectivity index (χ0v) is 12.1. The van der Waals surface area contributed by atoms with Gasteiger partial charge in [-0.3, -0.25) is 4.79 Å². The standard InChI is InChI=1S/C15H22N2O4/c18-13(19)9-2-6-17(8-9)14(20)16-11-10-3-7-21-12(10)15(11)4-1-5-15/h9-12H,1-8H2,(H,16,20)(H,18,19). The number of carbonyl (C=O) groups is 2. The lowest BCUT2D eigenvalue weighted by atomic mass is 9.46. The summed E-state index contributed by atoms with van der Waals surface area (Å²) in [5.41, 5.74) is 0.183. The number of likely N-dealkylation sites (tertiary alicyclic amines) is 1. The van der Waals surface area contributed by atoms with Gasteiger partial charge in [-0.1, -0.05) is 6.42 Å². The summed E-state index contributed by atoms with van der Waals surface area (Å²) < 4.78 is 5.85. The normalized spacial score (nSPS) is 39.5. The SMILES string of the molecule is O=C(O)C1CCN(C(=O)NC2C3CCOC3C23CCC3)C1. The molecule has 2 N–H and O–H groups in total. The molecule has 2 amide bonds. The highest BCUT2D eigenvalue weighted by molar-refractivity contribution is 5.78. The van der Waals surface area contributed by atoms with Gasteiger partial charge in [0.15, 0.2) is 0 Å². The van der Waals surface area contributed by atoms with Crippen LogP contribution in [0.5, 0.6) is 0 Å². The molecule has 0 bridgehead atoms. The quantitative estimate of drug-likeness (QED) is 0.798. The van der Waals surface area contributed by atoms with Crippen LogP contribution >= 0.6 is 0 Å². The second-order valence-corrected chi connectivity index (χ2v) is 7.03. The van der Waals surface area contributed by atoms with Crippen LogP contribution in [0, 0.1) is 17.3 Å². The highest BCUT2D eigenvalue weighted by atomic mass is 16.5. The van der Waals surface area contributed by atoms with Crippen LogP contribution in [0.4, 0.5) is 4.79 Å². The molecule has 4 unspecified atom stereocenters. The first-order valence-corrected chi connectivity index (χ1v) is 8.02. The Morgan fingerprint density at radius 3 is 2.71 bits per heavy atom. The molecule has 2 aliphatic carbocycles. The van der Waals surface area contributed by atoms with Crippen molar-refractivity contribution in [1.29, 1.82) is 0 Å². The molecule has 4 atom stereocenters. The molecule has 0 aromatic heterocycles. The zero-order chi connectivity index (χ0) is 14.6. The zero-order valence-electron chi connectivity index (χ0n) is 12.1. The number of nitrogens with one attached hydrogen (secondary N) is 1. The minimum absolute atomic E-state index is 0.0830. The van der Waals surface area contributed by atoms with Crippen LogP contribution in [0.3, 0.4) is 0 Å². The molecular weight excluding hydrogens is 272 g/mol. The number of carbonyl (C=O) groups excluding carboxylic acids is 1. The largest absolute Gasteiger partial charge is 0.481 e. The van der Waals surface area contributed by atoms with Gasteiger partial charge < -0.3 is 20.1 Å². The number of ether oxygens (including phenoxy) is 1. The smallest absolute Gasteiger partial charge is 0.317 e. The van der Waals surface area contributed by atoms with Crippen LogP contribution in [-0.4, -0.2) is 53.8 Å². The topological polar surface area (TPSA) is 78.9 Å². The molecule has 2 saturated heterocycles. The third-order valence-corrected chi connectivity index (χ3v) is 6.14. The average molecular weight is 294 g/mol. The summed E-state index contributed by atoms with van der Waals surface area (Å²) >= 11 is 0. The van der Waals surface area contributed by atoms with Crippen molar-refractivity contribution in [3.8, 4) is 0 Å². The summed E-state index contributed by atoms with van der Waals surface area (Å²) in [6.45, 7) is 1.70. The maximum absolute atomic E-state index is 12.4. The molecule has 2 aliphatic heterocycles. The lowest BCUT2D eigenvalue weighted by Crippen LogP contribution is -2.72. The molecule has 4 rings (SSSR count). The second kappa shape index (κ2) is 4.60. The molecule has 21 heavy (non-hydrogen) atoms. The van der Waals surface area contributed by atoms with Crippen LogP contribution in [0.25, 0.3) is 0 Å². The van der Waals surface area contributed by atoms with Crippen molar-refractivity contribution in [2.24, 2.45) is 17.3 Å². The summed E-state index contributed by atoms with van der Waals surface area (Å²) in [6, 6.07) is 0.149. The van der Waals surface area contributed by atoms with E-state index in [0.29, 0.717) is 31.5 Å². The number of carboxylic acids is 1. The summed E-state index contributed by atoms with van der Waals surface area (Å²) in [7, 11) is 0. The van der Waals surface area contributed by atoms with Crippen molar-refractivity contribution in [2.75, 3.05) is 19.7 Å². The highest BCUT2D eigenvalue weighted by Gasteiger charge is 2.67. The Hall–Kier alpha value is -1.30. The number of hydrogen-bond donors (Lipinski definition) is 2. The lowest BCUT2D eigenvalue weighted by Gasteiger charge is -2.63. The maximum Gasteiger partial charge on any atom is 0.317 e. The van der Waals surface area contributed by atoms with E-state index in [-0.39, 0.29) is 17.5 Å². The van der Waals surface area contributed by atoms with E-state index in [1.807, 2.05) is 0 Å². The van der Waals surface area contributed by atoms with Gasteiger partial charge in [-0.25, -0.2) is 4.79 Å². The van der Waals surface area contributed by atoms with Gasteiger partial charge in [-0.05, 0) is 25.7 Å². The summed E-state index contributed by atoms with van der Waals surface area (Å²) in [5, 5.41) is 12.2. The Balaban J connectivity index is 1.40. The number of nitrogens with zero attached hydrogens (tertiary/aromatic N) is 1. The number of urea groups is 1. The Kier molecular flexibility index (Phi) is 2.93. The van der Waals surface area contributed by atoms with Crippen molar-refractivity contribution in [3.05, 3.63) is 0 Å². The fraction of sp³-hybridized carbons (Fsp3) is 0.867. The molecular formula is C15H22N2O4. The fourth-order valence-corrected chi connectivity index (χ4v) is 4.83. The molecule has 0 aromatic carbocycles. The van der Waals surface area contributed by atoms with E-state index in [0.717, 1.165) is 25.9 Å². The molecule has 1 spiro atoms. The molecule has 4 fully saturated rings. The third-order valence-electron chi connectivity index (χ3n) is 6.14. The van der Waals surface area contributed by atoms with Gasteiger partial charge in [-0.15, -0.1) is 0 Å². The molecule has 4 aliphatic rings. The maximum atomic E-state index is 12.4. The number of aliphatic carboxylic acids is 1. The van der Waals surface area contributed by atoms with E-state index in [1.54, 1.807) is 4.90 Å². The molecule has 0 aromatic rings. The first-order valence-electron chi connectivity index (χ1n) is 8.02. The number of hydrogen-bond acceptors (Lipinski definition) is 3. The predicted octanol–water partition coefficient (Wildman–Crippen LogP) is 1.06. The molecule has 0 radical (unpaired) electrons. The van der Waals surface area contributed by atoms with E-state index in [1.165, 1.54) is 6.42 Å². The van der Waals surface area contributed by atoms with Crippen LogP contribution in [0.1, 0.15) is 32.1 Å². The average Bonchev–Trinajstić information content (AvgIpc) is 3.01. The van der Waals surface area contributed by atoms with Crippen molar-refractivity contribution in [2.45, 2.75) is 44.2 Å². The number of rotatable bonds is 2.